The summed E-state index contributed by atoms with van der Waals surface area (Å²) >= 11 is 0. The van der Waals surface area contributed by atoms with E-state index in [0.717, 1.165) is 44.8 Å². The first-order chi connectivity index (χ1) is 20.6. The first-order valence-electron chi connectivity index (χ1n) is 14.2. The zero-order valence-electron chi connectivity index (χ0n) is 23.5. The lowest BCUT2D eigenvalue weighted by Crippen LogP contribution is -1.93. The molecule has 0 spiro atoms. The van der Waals surface area contributed by atoms with Crippen molar-refractivity contribution in [2.24, 2.45) is 14.1 Å². The molecule has 8 aromatic rings. The van der Waals surface area contributed by atoms with Gasteiger partial charge >= 0.3 is 0 Å². The fourth-order valence-corrected chi connectivity index (χ4v) is 6.19. The molecule has 2 heterocycles. The van der Waals surface area contributed by atoms with Gasteiger partial charge in [0.1, 0.15) is 11.6 Å². The van der Waals surface area contributed by atoms with Crippen LogP contribution in [0.5, 0.6) is 0 Å². The number of benzene rings is 6. The molecule has 2 aromatic heterocycles. The highest BCUT2D eigenvalue weighted by Crippen LogP contribution is 2.35. The monoisotopic (exact) mass is 540 g/mol. The van der Waals surface area contributed by atoms with Crippen LogP contribution in [0.15, 0.2) is 133 Å². The third kappa shape index (κ3) is 3.92. The molecule has 6 aromatic carbocycles. The molecule has 42 heavy (non-hydrogen) atoms. The largest absolute Gasteiger partial charge is 0.327 e. The summed E-state index contributed by atoms with van der Waals surface area (Å²) < 4.78 is 4.34. The first-order valence-corrected chi connectivity index (χ1v) is 14.2. The van der Waals surface area contributed by atoms with Gasteiger partial charge in [-0.1, -0.05) is 91.0 Å². The van der Waals surface area contributed by atoms with Crippen molar-refractivity contribution in [3.05, 3.63) is 133 Å². The predicted molar refractivity (Wildman–Crippen MR) is 174 cm³/mol. The summed E-state index contributed by atoms with van der Waals surface area (Å²) in [5.41, 5.74) is 11.3. The van der Waals surface area contributed by atoms with Gasteiger partial charge in [0.25, 0.3) is 0 Å². The average molecular weight is 541 g/mol. The smallest absolute Gasteiger partial charge is 0.140 e. The highest BCUT2D eigenvalue weighted by Gasteiger charge is 2.13. The van der Waals surface area contributed by atoms with Gasteiger partial charge in [-0.05, 0) is 75.5 Å². The molecular weight excluding hydrogens is 512 g/mol. The summed E-state index contributed by atoms with van der Waals surface area (Å²) in [5, 5.41) is 2.45. The van der Waals surface area contributed by atoms with Crippen LogP contribution in [-0.2, 0) is 14.1 Å². The van der Waals surface area contributed by atoms with Gasteiger partial charge in [-0.25, -0.2) is 9.97 Å². The van der Waals surface area contributed by atoms with E-state index in [0.29, 0.717) is 0 Å². The van der Waals surface area contributed by atoms with Gasteiger partial charge in [-0.2, -0.15) is 0 Å². The van der Waals surface area contributed by atoms with Crippen LogP contribution in [0.3, 0.4) is 0 Å². The highest BCUT2D eigenvalue weighted by molar-refractivity contribution is 5.99. The SMILES string of the molecule is Cn1c(-c2cccc(-c3ccc4c(-c5cccc(-c6nc7ccccc7n6C)c5)cccc4c3)c2)nc2ccccc21. The Morgan fingerprint density at radius 1 is 0.429 bits per heavy atom. The molecule has 0 aliphatic rings. The molecule has 0 aliphatic carbocycles. The van der Waals surface area contributed by atoms with E-state index < -0.39 is 0 Å². The molecule has 0 N–H and O–H groups in total. The van der Waals surface area contributed by atoms with E-state index in [1.807, 2.05) is 12.1 Å². The molecule has 4 heteroatoms. The molecule has 0 amide bonds. The van der Waals surface area contributed by atoms with E-state index in [2.05, 4.69) is 145 Å². The first kappa shape index (κ1) is 24.3. The molecular formula is C38H28N4. The number of hydrogen-bond donors (Lipinski definition) is 0. The predicted octanol–water partition coefficient (Wildman–Crippen LogP) is 9.28. The Balaban J connectivity index is 1.18. The van der Waals surface area contributed by atoms with Gasteiger partial charge in [0.2, 0.25) is 0 Å². The number of aryl methyl sites for hydroxylation is 2. The molecule has 8 rings (SSSR count). The Labute approximate surface area is 244 Å². The molecule has 200 valence electrons. The fraction of sp³-hybridized carbons (Fsp3) is 0.0526. The summed E-state index contributed by atoms with van der Waals surface area (Å²) in [4.78, 5) is 9.84. The van der Waals surface area contributed by atoms with Crippen molar-refractivity contribution < 1.29 is 0 Å². The van der Waals surface area contributed by atoms with E-state index in [9.17, 15) is 0 Å². The second kappa shape index (κ2) is 9.57. The minimum absolute atomic E-state index is 0.973. The van der Waals surface area contributed by atoms with Gasteiger partial charge in [0.15, 0.2) is 0 Å². The van der Waals surface area contributed by atoms with Crippen LogP contribution < -0.4 is 0 Å². The van der Waals surface area contributed by atoms with Crippen molar-refractivity contribution in [1.82, 2.24) is 19.1 Å². The lowest BCUT2D eigenvalue weighted by Gasteiger charge is -2.11. The van der Waals surface area contributed by atoms with Crippen molar-refractivity contribution in [3.8, 4) is 45.0 Å². The summed E-state index contributed by atoms with van der Waals surface area (Å²) in [6.07, 6.45) is 0. The Morgan fingerprint density at radius 2 is 0.952 bits per heavy atom. The minimum atomic E-state index is 0.973. The zero-order valence-corrected chi connectivity index (χ0v) is 23.5. The third-order valence-electron chi connectivity index (χ3n) is 8.34. The summed E-state index contributed by atoms with van der Waals surface area (Å²) in [5.74, 6) is 1.95. The number of fused-ring (bicyclic) bond motifs is 3. The normalized spacial score (nSPS) is 11.6. The van der Waals surface area contributed by atoms with E-state index in [4.69, 9.17) is 9.97 Å². The Morgan fingerprint density at radius 3 is 1.60 bits per heavy atom. The van der Waals surface area contributed by atoms with Gasteiger partial charge in [-0.3, -0.25) is 0 Å². The quantitative estimate of drug-likeness (QED) is 0.223. The van der Waals surface area contributed by atoms with Crippen molar-refractivity contribution in [2.45, 2.75) is 0 Å². The summed E-state index contributed by atoms with van der Waals surface area (Å²) in [7, 11) is 4.17. The van der Waals surface area contributed by atoms with Crippen molar-refractivity contribution in [1.29, 1.82) is 0 Å². The lowest BCUT2D eigenvalue weighted by atomic mass is 9.94. The molecule has 4 nitrogen and oxygen atoms in total. The number of rotatable bonds is 4. The Bertz CT molecular complexity index is 2290. The molecule has 0 fully saturated rings. The molecule has 0 unspecified atom stereocenters. The van der Waals surface area contributed by atoms with Gasteiger partial charge in [0.05, 0.1) is 22.1 Å². The van der Waals surface area contributed by atoms with Crippen LogP contribution in [0, 0.1) is 0 Å². The van der Waals surface area contributed by atoms with Crippen molar-refractivity contribution >= 4 is 32.8 Å². The fourth-order valence-electron chi connectivity index (χ4n) is 6.19. The van der Waals surface area contributed by atoms with E-state index in [1.165, 1.54) is 33.0 Å². The van der Waals surface area contributed by atoms with Crippen LogP contribution in [0.2, 0.25) is 0 Å². The van der Waals surface area contributed by atoms with Gasteiger partial charge < -0.3 is 9.13 Å². The third-order valence-corrected chi connectivity index (χ3v) is 8.34. The van der Waals surface area contributed by atoms with Crippen molar-refractivity contribution in [3.63, 3.8) is 0 Å². The second-order valence-electron chi connectivity index (χ2n) is 10.9. The standard InChI is InChI=1S/C38H28N4/c1-41-35-18-5-3-16-33(35)39-37(41)29-13-7-10-25(23-29)26-20-21-32-27(22-26)12-9-15-31(32)28-11-8-14-30(24-28)38-40-34-17-4-6-19-36(34)42(38)2/h3-24H,1-2H3. The summed E-state index contributed by atoms with van der Waals surface area (Å²) in [6.45, 7) is 0. The molecule has 0 saturated carbocycles. The van der Waals surface area contributed by atoms with Gasteiger partial charge in [0, 0.05) is 25.2 Å². The number of nitrogens with zero attached hydrogens (tertiary/aromatic N) is 4. The Kier molecular flexibility index (Phi) is 5.54. The second-order valence-corrected chi connectivity index (χ2v) is 10.9. The van der Waals surface area contributed by atoms with Crippen LogP contribution in [0.1, 0.15) is 0 Å². The number of hydrogen-bond acceptors (Lipinski definition) is 2. The van der Waals surface area contributed by atoms with Crippen molar-refractivity contribution in [2.75, 3.05) is 0 Å². The number of imidazole rings is 2. The van der Waals surface area contributed by atoms with E-state index >= 15 is 0 Å². The highest BCUT2D eigenvalue weighted by atomic mass is 15.1. The average Bonchev–Trinajstić information content (AvgIpc) is 3.57. The maximum Gasteiger partial charge on any atom is 0.140 e. The molecule has 0 saturated heterocycles. The topological polar surface area (TPSA) is 35.6 Å². The Hall–Kier alpha value is -5.48. The number of aromatic nitrogens is 4. The lowest BCUT2D eigenvalue weighted by molar-refractivity contribution is 0.959. The zero-order chi connectivity index (χ0) is 28.2. The molecule has 0 aliphatic heterocycles. The molecule has 0 radical (unpaired) electrons. The van der Waals surface area contributed by atoms with Crippen LogP contribution >= 0.6 is 0 Å². The van der Waals surface area contributed by atoms with E-state index in [1.54, 1.807) is 0 Å². The maximum absolute atomic E-state index is 4.93. The van der Waals surface area contributed by atoms with Gasteiger partial charge in [-0.15, -0.1) is 0 Å². The molecule has 0 atom stereocenters. The minimum Gasteiger partial charge on any atom is -0.327 e. The van der Waals surface area contributed by atoms with E-state index in [-0.39, 0.29) is 0 Å². The summed E-state index contributed by atoms with van der Waals surface area (Å²) in [6, 6.07) is 47.3. The van der Waals surface area contributed by atoms with Crippen LogP contribution in [0.4, 0.5) is 0 Å². The van der Waals surface area contributed by atoms with Crippen LogP contribution in [0.25, 0.3) is 77.9 Å². The molecule has 0 bridgehead atoms. The maximum atomic E-state index is 4.93. The van der Waals surface area contributed by atoms with Crippen LogP contribution in [-0.4, -0.2) is 19.1 Å². The number of para-hydroxylation sites is 4.